The molecule has 0 atom stereocenters. The highest BCUT2D eigenvalue weighted by atomic mass is 16.2. The van der Waals surface area contributed by atoms with Crippen LogP contribution in [0.4, 0.5) is 11.4 Å². The van der Waals surface area contributed by atoms with Crippen LogP contribution >= 0.6 is 0 Å². The fraction of sp³-hybridized carbons (Fsp3) is 0.474. The maximum absolute atomic E-state index is 12.4. The van der Waals surface area contributed by atoms with Crippen LogP contribution < -0.4 is 10.6 Å². The molecule has 1 aromatic rings. The van der Waals surface area contributed by atoms with Crippen molar-refractivity contribution < 1.29 is 9.59 Å². The highest BCUT2D eigenvalue weighted by Gasteiger charge is 2.21. The van der Waals surface area contributed by atoms with E-state index in [1.165, 1.54) is 0 Å². The maximum atomic E-state index is 12.4. The molecule has 27 heavy (non-hydrogen) atoms. The molecule has 8 nitrogen and oxygen atoms in total. The Labute approximate surface area is 160 Å². The molecule has 3 N–H and O–H groups in total. The van der Waals surface area contributed by atoms with E-state index < -0.39 is 0 Å². The Morgan fingerprint density at radius 3 is 2.70 bits per heavy atom. The number of nitrogens with zero attached hydrogens (tertiary/aromatic N) is 3. The number of allylic oxidation sites excluding steroid dienone is 1. The van der Waals surface area contributed by atoms with Crippen LogP contribution in [0.25, 0.3) is 0 Å². The lowest BCUT2D eigenvalue weighted by Gasteiger charge is -2.33. The summed E-state index contributed by atoms with van der Waals surface area (Å²) in [5.41, 5.74) is 1.82. The van der Waals surface area contributed by atoms with Gasteiger partial charge in [-0.15, -0.1) is 0 Å². The summed E-state index contributed by atoms with van der Waals surface area (Å²) in [4.78, 5) is 32.3. The van der Waals surface area contributed by atoms with Gasteiger partial charge in [-0.25, -0.2) is 0 Å². The van der Waals surface area contributed by atoms with Gasteiger partial charge in [-0.1, -0.05) is 19.9 Å². The zero-order valence-corrected chi connectivity index (χ0v) is 16.4. The molecule has 0 saturated carbocycles. The summed E-state index contributed by atoms with van der Waals surface area (Å²) in [6.45, 7) is 9.38. The molecule has 1 fully saturated rings. The molecule has 1 aliphatic heterocycles. The van der Waals surface area contributed by atoms with Gasteiger partial charge in [0.05, 0.1) is 36.4 Å². The van der Waals surface area contributed by atoms with E-state index in [0.29, 0.717) is 42.5 Å². The van der Waals surface area contributed by atoms with Crippen molar-refractivity contribution in [2.75, 3.05) is 36.8 Å². The quantitative estimate of drug-likeness (QED) is 0.709. The smallest absolute Gasteiger partial charge is 0.238 e. The first-order valence-corrected chi connectivity index (χ1v) is 9.06. The molecule has 2 rings (SSSR count). The molecule has 0 aliphatic carbocycles. The minimum absolute atomic E-state index is 0.0964. The number of carbonyl (C=O) groups is 2. The largest absolute Gasteiger partial charge is 0.335 e. The average Bonchev–Trinajstić information content (AvgIpc) is 2.60. The summed E-state index contributed by atoms with van der Waals surface area (Å²) in [7, 11) is 0. The number of anilines is 2. The Morgan fingerprint density at radius 2 is 2.07 bits per heavy atom. The van der Waals surface area contributed by atoms with Gasteiger partial charge in [-0.2, -0.15) is 0 Å². The average molecular weight is 372 g/mol. The zero-order chi connectivity index (χ0) is 20.0. The number of hydrogen-bond donors (Lipinski definition) is 3. The lowest BCUT2D eigenvalue weighted by Crippen LogP contribution is -2.49. The molecular formula is C19H28N6O2. The lowest BCUT2D eigenvalue weighted by atomic mass is 10.2. The van der Waals surface area contributed by atoms with Crippen molar-refractivity contribution in [1.29, 1.82) is 5.41 Å². The summed E-state index contributed by atoms with van der Waals surface area (Å²) < 4.78 is 0. The Kier molecular flexibility index (Phi) is 7.06. The first kappa shape index (κ1) is 20.6. The van der Waals surface area contributed by atoms with E-state index >= 15 is 0 Å². The van der Waals surface area contributed by atoms with Gasteiger partial charge in [0.25, 0.3) is 0 Å². The molecule has 8 heteroatoms. The third kappa shape index (κ3) is 5.89. The SMILES string of the molecule is C/C=C/N1CCN(CC(=O)Nc2cnc(C)c(NC(=O)C(C)C)c2)CC1=N. The van der Waals surface area contributed by atoms with Crippen LogP contribution in [0, 0.1) is 18.3 Å². The van der Waals surface area contributed by atoms with Crippen LogP contribution in [0.2, 0.25) is 0 Å². The minimum Gasteiger partial charge on any atom is -0.335 e. The number of carbonyl (C=O) groups excluding carboxylic acids is 2. The minimum atomic E-state index is -0.172. The van der Waals surface area contributed by atoms with E-state index in [9.17, 15) is 9.59 Å². The van der Waals surface area contributed by atoms with Crippen molar-refractivity contribution in [2.24, 2.45) is 5.92 Å². The van der Waals surface area contributed by atoms with E-state index in [-0.39, 0.29) is 24.3 Å². The van der Waals surface area contributed by atoms with E-state index in [0.717, 1.165) is 0 Å². The molecule has 0 bridgehead atoms. The number of pyridine rings is 1. The molecule has 146 valence electrons. The van der Waals surface area contributed by atoms with E-state index in [1.54, 1.807) is 19.2 Å². The topological polar surface area (TPSA) is 101 Å². The van der Waals surface area contributed by atoms with Crippen LogP contribution in [0.15, 0.2) is 24.5 Å². The van der Waals surface area contributed by atoms with Crippen LogP contribution in [0.3, 0.4) is 0 Å². The number of aromatic nitrogens is 1. The first-order valence-electron chi connectivity index (χ1n) is 9.06. The van der Waals surface area contributed by atoms with Crippen LogP contribution in [-0.4, -0.2) is 58.6 Å². The summed E-state index contributed by atoms with van der Waals surface area (Å²) in [5.74, 6) is 0.0667. The first-order chi connectivity index (χ1) is 12.8. The second kappa shape index (κ2) is 9.27. The van der Waals surface area contributed by atoms with Gasteiger partial charge in [0.15, 0.2) is 0 Å². The molecule has 0 radical (unpaired) electrons. The van der Waals surface area contributed by atoms with Crippen molar-refractivity contribution >= 4 is 29.0 Å². The van der Waals surface area contributed by atoms with E-state index in [4.69, 9.17) is 5.41 Å². The number of amidine groups is 1. The van der Waals surface area contributed by atoms with Crippen molar-refractivity contribution in [3.05, 3.63) is 30.2 Å². The standard InChI is InChI=1S/C19H28N6O2/c1-5-6-25-8-7-24(11-17(25)20)12-18(26)22-15-9-16(14(4)21-10-15)23-19(27)13(2)3/h5-6,9-10,13,20H,7-8,11-12H2,1-4H3,(H,22,26)(H,23,27)/b6-5+,20-17?. The maximum Gasteiger partial charge on any atom is 0.238 e. The summed E-state index contributed by atoms with van der Waals surface area (Å²) in [6.07, 6.45) is 5.35. The van der Waals surface area contributed by atoms with Gasteiger partial charge in [-0.05, 0) is 19.9 Å². The van der Waals surface area contributed by atoms with Gasteiger partial charge in [0, 0.05) is 25.2 Å². The summed E-state index contributed by atoms with van der Waals surface area (Å²) in [5, 5.41) is 13.7. The van der Waals surface area contributed by atoms with Gasteiger partial charge in [0.1, 0.15) is 5.84 Å². The number of amides is 2. The number of piperazine rings is 1. The molecule has 0 aromatic carbocycles. The van der Waals surface area contributed by atoms with Gasteiger partial charge in [0.2, 0.25) is 11.8 Å². The molecule has 1 aromatic heterocycles. The van der Waals surface area contributed by atoms with Gasteiger partial charge >= 0.3 is 0 Å². The van der Waals surface area contributed by atoms with Crippen molar-refractivity contribution in [3.63, 3.8) is 0 Å². The molecule has 1 aliphatic rings. The molecule has 2 amide bonds. The molecular weight excluding hydrogens is 344 g/mol. The van der Waals surface area contributed by atoms with Gasteiger partial charge in [-0.3, -0.25) is 24.9 Å². The van der Waals surface area contributed by atoms with E-state index in [2.05, 4.69) is 15.6 Å². The van der Waals surface area contributed by atoms with Crippen LogP contribution in [0.1, 0.15) is 26.5 Å². The van der Waals surface area contributed by atoms with Gasteiger partial charge < -0.3 is 15.5 Å². The molecule has 0 unspecified atom stereocenters. The zero-order valence-electron chi connectivity index (χ0n) is 16.4. The van der Waals surface area contributed by atoms with Crippen molar-refractivity contribution in [3.8, 4) is 0 Å². The fourth-order valence-corrected chi connectivity index (χ4v) is 2.65. The summed E-state index contributed by atoms with van der Waals surface area (Å²) in [6, 6.07) is 1.71. The monoisotopic (exact) mass is 372 g/mol. The molecule has 2 heterocycles. The fourth-order valence-electron chi connectivity index (χ4n) is 2.65. The number of aryl methyl sites for hydroxylation is 1. The van der Waals surface area contributed by atoms with Crippen molar-refractivity contribution in [1.82, 2.24) is 14.8 Å². The Balaban J connectivity index is 1.94. The van der Waals surface area contributed by atoms with Crippen molar-refractivity contribution in [2.45, 2.75) is 27.7 Å². The highest BCUT2D eigenvalue weighted by molar-refractivity contribution is 5.95. The predicted molar refractivity (Wildman–Crippen MR) is 107 cm³/mol. The molecule has 0 spiro atoms. The molecule has 1 saturated heterocycles. The van der Waals surface area contributed by atoms with Crippen LogP contribution in [0.5, 0.6) is 0 Å². The lowest BCUT2D eigenvalue weighted by molar-refractivity contribution is -0.119. The predicted octanol–water partition coefficient (Wildman–Crippen LogP) is 2.05. The second-order valence-corrected chi connectivity index (χ2v) is 6.88. The second-order valence-electron chi connectivity index (χ2n) is 6.88. The number of nitrogens with one attached hydrogen (secondary N) is 3. The number of rotatable bonds is 6. The summed E-state index contributed by atoms with van der Waals surface area (Å²) >= 11 is 0. The van der Waals surface area contributed by atoms with E-state index in [1.807, 2.05) is 42.8 Å². The number of hydrogen-bond acceptors (Lipinski definition) is 5. The highest BCUT2D eigenvalue weighted by Crippen LogP contribution is 2.18. The third-order valence-corrected chi connectivity index (χ3v) is 4.23. The normalized spacial score (nSPS) is 15.4. The Morgan fingerprint density at radius 1 is 1.33 bits per heavy atom. The Hall–Kier alpha value is -2.74. The Bertz CT molecular complexity index is 744. The van der Waals surface area contributed by atoms with Crippen LogP contribution in [-0.2, 0) is 9.59 Å². The third-order valence-electron chi connectivity index (χ3n) is 4.23.